The summed E-state index contributed by atoms with van der Waals surface area (Å²) in [4.78, 5) is 0. The van der Waals surface area contributed by atoms with Crippen molar-refractivity contribution in [2.45, 2.75) is 0 Å². The van der Waals surface area contributed by atoms with Crippen LogP contribution in [-0.2, 0) is 0 Å². The molecule has 10 heavy (non-hydrogen) atoms. The molecule has 2 aromatic heterocycles. The lowest BCUT2D eigenvalue weighted by atomic mass is 10.4. The zero-order valence-electron chi connectivity index (χ0n) is 5.41. The Hall–Kier alpha value is -1.44. The maximum Gasteiger partial charge on any atom is 0.141 e. The maximum atomic E-state index is 9.22. The van der Waals surface area contributed by atoms with E-state index in [1.54, 1.807) is 12.3 Å². The molecule has 0 saturated carbocycles. The van der Waals surface area contributed by atoms with Gasteiger partial charge < -0.3 is 9.51 Å². The molecule has 2 aromatic rings. The molecule has 0 bridgehead atoms. The summed E-state index contributed by atoms with van der Waals surface area (Å²) >= 11 is 0. The summed E-state index contributed by atoms with van der Waals surface area (Å²) in [7, 11) is 0. The van der Waals surface area contributed by atoms with Gasteiger partial charge in [-0.25, -0.2) is 0 Å². The minimum atomic E-state index is 0.301. The second-order valence-electron chi connectivity index (χ2n) is 2.30. The Bertz CT molecular complexity index is 402. The highest BCUT2D eigenvalue weighted by Crippen LogP contribution is 2.14. The Morgan fingerprint density at radius 2 is 2.00 bits per heavy atom. The molecule has 0 fully saturated rings. The zero-order valence-corrected chi connectivity index (χ0v) is 5.41. The summed E-state index contributed by atoms with van der Waals surface area (Å²) in [6.07, 6.45) is 3.68. The normalized spacial score (nSPS) is 10.8. The number of aromatic hydroxyl groups is 1. The molecule has 0 aliphatic rings. The summed E-state index contributed by atoms with van der Waals surface area (Å²) in [6, 6.07) is 3.53. The molecule has 2 nitrogen and oxygen atoms in total. The van der Waals surface area contributed by atoms with Gasteiger partial charge in [0.2, 0.25) is 0 Å². The predicted molar refractivity (Wildman–Crippen MR) is 39.8 cm³/mol. The second-order valence-corrected chi connectivity index (χ2v) is 2.30. The molecule has 0 radical (unpaired) electrons. The van der Waals surface area contributed by atoms with E-state index in [-0.39, 0.29) is 0 Å². The highest BCUT2D eigenvalue weighted by Gasteiger charge is 1.99. The van der Waals surface area contributed by atoms with Crippen molar-refractivity contribution in [2.75, 3.05) is 0 Å². The average Bonchev–Trinajstić information content (AvgIpc) is 2.40. The third kappa shape index (κ3) is 0.480. The van der Waals surface area contributed by atoms with Crippen molar-refractivity contribution in [3.05, 3.63) is 29.7 Å². The van der Waals surface area contributed by atoms with Gasteiger partial charge in [-0.15, -0.1) is 0 Å². The van der Waals surface area contributed by atoms with Crippen LogP contribution in [0.1, 0.15) is 0 Å². The number of hydrogen-bond donors (Lipinski definition) is 1. The van der Waals surface area contributed by atoms with Crippen molar-refractivity contribution in [2.24, 2.45) is 0 Å². The van der Waals surface area contributed by atoms with Crippen LogP contribution >= 0.6 is 0 Å². The number of aromatic nitrogens is 1. The van der Waals surface area contributed by atoms with Crippen molar-refractivity contribution in [3.63, 3.8) is 0 Å². The van der Waals surface area contributed by atoms with Gasteiger partial charge in [0.1, 0.15) is 5.75 Å². The Balaban J connectivity index is 3.12. The molecule has 0 aliphatic heterocycles. The monoisotopic (exact) mass is 133 g/mol. The third-order valence-corrected chi connectivity index (χ3v) is 1.63. The molecule has 0 spiro atoms. The molecule has 0 unspecified atom stereocenters. The van der Waals surface area contributed by atoms with E-state index in [2.05, 4.69) is 6.58 Å². The molecule has 0 amide bonds. The Morgan fingerprint density at radius 3 is 2.70 bits per heavy atom. The Morgan fingerprint density at radius 1 is 1.30 bits per heavy atom. The molecule has 2 heteroatoms. The van der Waals surface area contributed by atoms with Crippen LogP contribution in [-0.4, -0.2) is 9.51 Å². The lowest BCUT2D eigenvalue weighted by Gasteiger charge is -1.82. The van der Waals surface area contributed by atoms with Crippen molar-refractivity contribution in [1.82, 2.24) is 4.40 Å². The first-order valence-corrected chi connectivity index (χ1v) is 3.06. The zero-order chi connectivity index (χ0) is 7.14. The average molecular weight is 133 g/mol. The molecule has 0 saturated heterocycles. The molecule has 50 valence electrons. The molecule has 0 atom stereocenters. The van der Waals surface area contributed by atoms with Crippen molar-refractivity contribution in [3.8, 4) is 5.75 Å². The summed E-state index contributed by atoms with van der Waals surface area (Å²) in [5.41, 5.74) is 0.806. The molecule has 2 rings (SSSR count). The van der Waals surface area contributed by atoms with Crippen molar-refractivity contribution in [1.29, 1.82) is 0 Å². The quantitative estimate of drug-likeness (QED) is 0.564. The molecule has 0 aliphatic carbocycles. The third-order valence-electron chi connectivity index (χ3n) is 1.63. The molecule has 2 heterocycles. The van der Waals surface area contributed by atoms with Gasteiger partial charge in [-0.2, -0.15) is 0 Å². The summed E-state index contributed by atoms with van der Waals surface area (Å²) in [5.74, 6) is 0.301. The van der Waals surface area contributed by atoms with Gasteiger partial charge in [0.15, 0.2) is 0 Å². The minimum Gasteiger partial charge on any atom is -0.506 e. The van der Waals surface area contributed by atoms with E-state index in [1.165, 1.54) is 0 Å². The van der Waals surface area contributed by atoms with Gasteiger partial charge in [-0.3, -0.25) is 0 Å². The molecular weight excluding hydrogens is 126 g/mol. The van der Waals surface area contributed by atoms with Crippen LogP contribution in [0.5, 0.6) is 5.75 Å². The van der Waals surface area contributed by atoms with Gasteiger partial charge in [0, 0.05) is 12.4 Å². The SMILES string of the molecule is C=c1ccn2ccc(O)c12. The van der Waals surface area contributed by atoms with Gasteiger partial charge in [0.05, 0.1) is 5.52 Å². The van der Waals surface area contributed by atoms with E-state index in [4.69, 9.17) is 0 Å². The van der Waals surface area contributed by atoms with E-state index in [0.717, 1.165) is 10.7 Å². The first kappa shape index (κ1) is 5.35. The Kier molecular flexibility index (Phi) is 0.822. The highest BCUT2D eigenvalue weighted by molar-refractivity contribution is 5.62. The van der Waals surface area contributed by atoms with Crippen LogP contribution in [0.3, 0.4) is 0 Å². The lowest BCUT2D eigenvalue weighted by molar-refractivity contribution is 0.482. The van der Waals surface area contributed by atoms with E-state index in [9.17, 15) is 5.11 Å². The standard InChI is InChI=1S/C8H7NO/c1-6-2-4-9-5-3-7(10)8(6)9/h2-5,10H,1H2. The molecule has 1 N–H and O–H groups in total. The van der Waals surface area contributed by atoms with E-state index < -0.39 is 0 Å². The Labute approximate surface area is 58.0 Å². The predicted octanol–water partition coefficient (Wildman–Crippen LogP) is 0.774. The minimum absolute atomic E-state index is 0.301. The van der Waals surface area contributed by atoms with E-state index in [1.807, 2.05) is 16.7 Å². The van der Waals surface area contributed by atoms with E-state index in [0.29, 0.717) is 5.75 Å². The second kappa shape index (κ2) is 1.53. The smallest absolute Gasteiger partial charge is 0.141 e. The van der Waals surface area contributed by atoms with Gasteiger partial charge >= 0.3 is 0 Å². The van der Waals surface area contributed by atoms with Crippen LogP contribution in [0.25, 0.3) is 12.1 Å². The topological polar surface area (TPSA) is 24.6 Å². The van der Waals surface area contributed by atoms with Crippen LogP contribution < -0.4 is 5.22 Å². The van der Waals surface area contributed by atoms with Crippen LogP contribution in [0.2, 0.25) is 0 Å². The van der Waals surface area contributed by atoms with Crippen LogP contribution in [0, 0.1) is 0 Å². The maximum absolute atomic E-state index is 9.22. The van der Waals surface area contributed by atoms with Crippen molar-refractivity contribution < 1.29 is 5.11 Å². The first-order chi connectivity index (χ1) is 4.79. The summed E-state index contributed by atoms with van der Waals surface area (Å²) in [5, 5.41) is 10.1. The number of nitrogens with zero attached hydrogens (tertiary/aromatic N) is 1. The lowest BCUT2D eigenvalue weighted by Crippen LogP contribution is -1.90. The summed E-state index contributed by atoms with van der Waals surface area (Å²) < 4.78 is 1.84. The van der Waals surface area contributed by atoms with Crippen LogP contribution in [0.15, 0.2) is 24.5 Å². The van der Waals surface area contributed by atoms with Crippen molar-refractivity contribution >= 4 is 12.1 Å². The number of rotatable bonds is 0. The van der Waals surface area contributed by atoms with Gasteiger partial charge in [-0.05, 0) is 17.4 Å². The molecular formula is C8H7NO. The number of hydrogen-bond acceptors (Lipinski definition) is 1. The van der Waals surface area contributed by atoms with E-state index >= 15 is 0 Å². The fourth-order valence-corrected chi connectivity index (χ4v) is 1.14. The summed E-state index contributed by atoms with van der Waals surface area (Å²) in [6.45, 7) is 3.76. The fourth-order valence-electron chi connectivity index (χ4n) is 1.14. The fraction of sp³-hybridized carbons (Fsp3) is 0. The van der Waals surface area contributed by atoms with Crippen LogP contribution in [0.4, 0.5) is 0 Å². The number of fused-ring (bicyclic) bond motifs is 1. The largest absolute Gasteiger partial charge is 0.506 e. The molecule has 0 aromatic carbocycles. The van der Waals surface area contributed by atoms with Gasteiger partial charge in [-0.1, -0.05) is 6.58 Å². The van der Waals surface area contributed by atoms with Gasteiger partial charge in [0.25, 0.3) is 0 Å². The highest BCUT2D eigenvalue weighted by atomic mass is 16.3. The first-order valence-electron chi connectivity index (χ1n) is 3.06.